The van der Waals surface area contributed by atoms with Crippen LogP contribution in [0.4, 0.5) is 0 Å². The van der Waals surface area contributed by atoms with Crippen LogP contribution in [-0.2, 0) is 13.0 Å². The van der Waals surface area contributed by atoms with E-state index in [0.29, 0.717) is 23.0 Å². The highest BCUT2D eigenvalue weighted by Gasteiger charge is 2.06. The van der Waals surface area contributed by atoms with E-state index < -0.39 is 0 Å². The molecule has 0 bridgehead atoms. The highest BCUT2D eigenvalue weighted by Crippen LogP contribution is 2.23. The maximum absolute atomic E-state index is 11.6. The van der Waals surface area contributed by atoms with Gasteiger partial charge < -0.3 is 9.15 Å². The first kappa shape index (κ1) is 14.7. The Morgan fingerprint density at radius 2 is 1.86 bits per heavy atom. The van der Waals surface area contributed by atoms with Gasteiger partial charge in [0.2, 0.25) is 0 Å². The van der Waals surface area contributed by atoms with Crippen LogP contribution in [0, 0.1) is 0 Å². The number of hydrogen-bond acceptors (Lipinski definition) is 3. The zero-order valence-electron chi connectivity index (χ0n) is 12.1. The average Bonchev–Trinajstić information content (AvgIpc) is 2.53. The largest absolute Gasteiger partial charge is 0.489 e. The molecule has 0 atom stereocenters. The lowest BCUT2D eigenvalue weighted by Gasteiger charge is -2.08. The second-order valence-electron chi connectivity index (χ2n) is 5.02. The van der Waals surface area contributed by atoms with E-state index in [1.165, 1.54) is 6.07 Å². The molecule has 2 aromatic carbocycles. The van der Waals surface area contributed by atoms with Crippen molar-refractivity contribution >= 4 is 22.6 Å². The highest BCUT2D eigenvalue weighted by molar-refractivity contribution is 6.30. The molecular weight excluding hydrogens is 300 g/mol. The van der Waals surface area contributed by atoms with Crippen LogP contribution in [0.15, 0.2) is 57.7 Å². The van der Waals surface area contributed by atoms with Gasteiger partial charge in [-0.15, -0.1) is 0 Å². The van der Waals surface area contributed by atoms with Crippen LogP contribution in [0.2, 0.25) is 5.02 Å². The zero-order chi connectivity index (χ0) is 15.5. The molecule has 3 nitrogen and oxygen atoms in total. The van der Waals surface area contributed by atoms with Gasteiger partial charge in [-0.25, -0.2) is 4.79 Å². The SMILES string of the molecule is CCc1cc(=O)oc2cc(OCc3ccc(Cl)cc3)ccc12. The van der Waals surface area contributed by atoms with Crippen LogP contribution in [0.1, 0.15) is 18.1 Å². The van der Waals surface area contributed by atoms with Crippen LogP contribution in [-0.4, -0.2) is 0 Å². The van der Waals surface area contributed by atoms with E-state index >= 15 is 0 Å². The smallest absolute Gasteiger partial charge is 0.336 e. The lowest BCUT2D eigenvalue weighted by atomic mass is 10.1. The standard InChI is InChI=1S/C18H15ClO3/c1-2-13-9-18(20)22-17-10-15(7-8-16(13)17)21-11-12-3-5-14(19)6-4-12/h3-10H,2,11H2,1H3. The predicted octanol–water partition coefficient (Wildman–Crippen LogP) is 4.59. The summed E-state index contributed by atoms with van der Waals surface area (Å²) in [7, 11) is 0. The lowest BCUT2D eigenvalue weighted by molar-refractivity contribution is 0.306. The molecule has 0 amide bonds. The minimum Gasteiger partial charge on any atom is -0.489 e. The van der Waals surface area contributed by atoms with Gasteiger partial charge in [0, 0.05) is 22.5 Å². The number of fused-ring (bicyclic) bond motifs is 1. The number of rotatable bonds is 4. The second kappa shape index (κ2) is 6.24. The maximum atomic E-state index is 11.6. The van der Waals surface area contributed by atoms with Gasteiger partial charge in [0.1, 0.15) is 17.9 Å². The van der Waals surface area contributed by atoms with E-state index in [2.05, 4.69) is 0 Å². The molecule has 1 aromatic heterocycles. The Morgan fingerprint density at radius 3 is 2.59 bits per heavy atom. The van der Waals surface area contributed by atoms with Crippen molar-refractivity contribution in [3.05, 3.63) is 75.1 Å². The Hall–Kier alpha value is -2.26. The lowest BCUT2D eigenvalue weighted by Crippen LogP contribution is -2.00. The van der Waals surface area contributed by atoms with Gasteiger partial charge in [-0.1, -0.05) is 30.7 Å². The second-order valence-corrected chi connectivity index (χ2v) is 5.45. The topological polar surface area (TPSA) is 39.4 Å². The fraction of sp³-hybridized carbons (Fsp3) is 0.167. The zero-order valence-corrected chi connectivity index (χ0v) is 12.9. The van der Waals surface area contributed by atoms with Crippen LogP contribution in [0.3, 0.4) is 0 Å². The fourth-order valence-electron chi connectivity index (χ4n) is 2.34. The van der Waals surface area contributed by atoms with Gasteiger partial charge in [-0.2, -0.15) is 0 Å². The van der Waals surface area contributed by atoms with E-state index in [0.717, 1.165) is 22.9 Å². The fourth-order valence-corrected chi connectivity index (χ4v) is 2.47. The van der Waals surface area contributed by atoms with Crippen LogP contribution >= 0.6 is 11.6 Å². The summed E-state index contributed by atoms with van der Waals surface area (Å²) in [5.74, 6) is 0.666. The molecule has 4 heteroatoms. The van der Waals surface area contributed by atoms with E-state index in [-0.39, 0.29) is 5.63 Å². The minimum atomic E-state index is -0.334. The molecule has 0 saturated heterocycles. The molecule has 0 saturated carbocycles. The van der Waals surface area contributed by atoms with Crippen molar-refractivity contribution in [2.75, 3.05) is 0 Å². The molecule has 22 heavy (non-hydrogen) atoms. The van der Waals surface area contributed by atoms with Gasteiger partial charge in [0.15, 0.2) is 0 Å². The third kappa shape index (κ3) is 3.15. The van der Waals surface area contributed by atoms with Gasteiger partial charge in [-0.05, 0) is 41.8 Å². The van der Waals surface area contributed by atoms with Crippen LogP contribution in [0.25, 0.3) is 11.0 Å². The average molecular weight is 315 g/mol. The van der Waals surface area contributed by atoms with Crippen molar-refractivity contribution in [1.82, 2.24) is 0 Å². The van der Waals surface area contributed by atoms with Crippen molar-refractivity contribution in [2.45, 2.75) is 20.0 Å². The molecular formula is C18H15ClO3. The molecule has 112 valence electrons. The Balaban J connectivity index is 1.85. The Labute approximate surface area is 133 Å². The summed E-state index contributed by atoms with van der Waals surface area (Å²) in [6.07, 6.45) is 0.785. The van der Waals surface area contributed by atoms with Crippen molar-refractivity contribution in [3.63, 3.8) is 0 Å². The molecule has 0 spiro atoms. The molecule has 3 aromatic rings. The molecule has 1 heterocycles. The monoisotopic (exact) mass is 314 g/mol. The maximum Gasteiger partial charge on any atom is 0.336 e. The molecule has 0 N–H and O–H groups in total. The Kier molecular flexibility index (Phi) is 4.16. The van der Waals surface area contributed by atoms with E-state index in [1.807, 2.05) is 43.3 Å². The first-order chi connectivity index (χ1) is 10.7. The van der Waals surface area contributed by atoms with Gasteiger partial charge in [0.25, 0.3) is 0 Å². The molecule has 0 aliphatic heterocycles. The third-order valence-electron chi connectivity index (χ3n) is 3.50. The summed E-state index contributed by atoms with van der Waals surface area (Å²) >= 11 is 5.85. The highest BCUT2D eigenvalue weighted by atomic mass is 35.5. The summed E-state index contributed by atoms with van der Waals surface area (Å²) in [5.41, 5.74) is 2.22. The van der Waals surface area contributed by atoms with Crippen LogP contribution in [0.5, 0.6) is 5.75 Å². The number of benzene rings is 2. The molecule has 0 aliphatic rings. The summed E-state index contributed by atoms with van der Waals surface area (Å²) in [4.78, 5) is 11.6. The summed E-state index contributed by atoms with van der Waals surface area (Å²) < 4.78 is 11.0. The minimum absolute atomic E-state index is 0.334. The number of halogens is 1. The van der Waals surface area contributed by atoms with Crippen molar-refractivity contribution in [2.24, 2.45) is 0 Å². The van der Waals surface area contributed by atoms with E-state index in [9.17, 15) is 4.79 Å². The molecule has 0 unspecified atom stereocenters. The van der Waals surface area contributed by atoms with Gasteiger partial charge >= 0.3 is 5.63 Å². The normalized spacial score (nSPS) is 10.8. The van der Waals surface area contributed by atoms with Crippen molar-refractivity contribution < 1.29 is 9.15 Å². The quantitative estimate of drug-likeness (QED) is 0.661. The Morgan fingerprint density at radius 1 is 1.09 bits per heavy atom. The summed E-state index contributed by atoms with van der Waals surface area (Å²) in [6.45, 7) is 2.44. The van der Waals surface area contributed by atoms with Crippen molar-refractivity contribution in [3.8, 4) is 5.75 Å². The molecule has 3 rings (SSSR count). The summed E-state index contributed by atoms with van der Waals surface area (Å²) in [5, 5.41) is 1.64. The Bertz CT molecular complexity index is 850. The summed E-state index contributed by atoms with van der Waals surface area (Å²) in [6, 6.07) is 14.6. The van der Waals surface area contributed by atoms with E-state index in [4.69, 9.17) is 20.8 Å². The first-order valence-electron chi connectivity index (χ1n) is 7.10. The van der Waals surface area contributed by atoms with E-state index in [1.54, 1.807) is 6.07 Å². The first-order valence-corrected chi connectivity index (χ1v) is 7.47. The predicted molar refractivity (Wildman–Crippen MR) is 87.6 cm³/mol. The number of ether oxygens (including phenoxy) is 1. The van der Waals surface area contributed by atoms with Gasteiger partial charge in [-0.3, -0.25) is 0 Å². The van der Waals surface area contributed by atoms with Crippen molar-refractivity contribution in [1.29, 1.82) is 0 Å². The van der Waals surface area contributed by atoms with Gasteiger partial charge in [0.05, 0.1) is 0 Å². The number of aryl methyl sites for hydroxylation is 1. The molecule has 0 aliphatic carbocycles. The number of hydrogen-bond donors (Lipinski definition) is 0. The third-order valence-corrected chi connectivity index (χ3v) is 3.75. The molecule has 0 radical (unpaired) electrons. The van der Waals surface area contributed by atoms with Crippen LogP contribution < -0.4 is 10.4 Å². The molecule has 0 fully saturated rings.